The Morgan fingerprint density at radius 2 is 1.89 bits per heavy atom. The third kappa shape index (κ3) is 2.56. The topological polar surface area (TPSA) is 101 Å². The number of carbonyl (C=O) groups is 1. The minimum atomic E-state index is -3.01. The predicted octanol–water partition coefficient (Wildman–Crippen LogP) is -0.155. The van der Waals surface area contributed by atoms with E-state index in [1.165, 1.54) is 23.1 Å². The van der Waals surface area contributed by atoms with Gasteiger partial charge in [0.25, 0.3) is 5.91 Å². The number of nitrogens with zero attached hydrogens (tertiary/aromatic N) is 1. The zero-order valence-electron chi connectivity index (χ0n) is 9.67. The van der Waals surface area contributed by atoms with Gasteiger partial charge < -0.3 is 15.7 Å². The van der Waals surface area contributed by atoms with E-state index < -0.39 is 9.84 Å². The second kappa shape index (κ2) is 4.49. The Kier molecular flexibility index (Phi) is 3.16. The maximum Gasteiger partial charge on any atom is 0.254 e. The molecule has 7 heteroatoms. The first kappa shape index (κ1) is 12.7. The Bertz CT molecular complexity index is 569. The molecule has 1 aromatic rings. The molecule has 0 bridgehead atoms. The summed E-state index contributed by atoms with van der Waals surface area (Å²) in [5.41, 5.74) is 5.96. The van der Waals surface area contributed by atoms with E-state index in [1.807, 2.05) is 0 Å². The highest BCUT2D eigenvalue weighted by Crippen LogP contribution is 2.22. The number of hydrogen-bond donors (Lipinski definition) is 2. The number of nitrogen functional groups attached to an aromatic ring is 1. The molecule has 1 heterocycles. The molecule has 2 rings (SSSR count). The van der Waals surface area contributed by atoms with E-state index in [0.29, 0.717) is 5.56 Å². The van der Waals surface area contributed by atoms with Crippen LogP contribution in [0.3, 0.4) is 0 Å². The molecule has 0 unspecified atom stereocenters. The summed E-state index contributed by atoms with van der Waals surface area (Å²) in [7, 11) is -3.01. The number of amides is 1. The number of phenols is 1. The summed E-state index contributed by atoms with van der Waals surface area (Å²) >= 11 is 0. The van der Waals surface area contributed by atoms with Gasteiger partial charge in [0.1, 0.15) is 5.75 Å². The van der Waals surface area contributed by atoms with E-state index in [2.05, 4.69) is 0 Å². The number of hydrogen-bond acceptors (Lipinski definition) is 5. The minimum absolute atomic E-state index is 0.0142. The molecule has 0 radical (unpaired) electrons. The van der Waals surface area contributed by atoms with Gasteiger partial charge in [-0.2, -0.15) is 0 Å². The third-order valence-corrected chi connectivity index (χ3v) is 4.52. The van der Waals surface area contributed by atoms with Gasteiger partial charge in [0, 0.05) is 18.7 Å². The van der Waals surface area contributed by atoms with Gasteiger partial charge in [-0.3, -0.25) is 4.79 Å². The Balaban J connectivity index is 2.15. The third-order valence-electron chi connectivity index (χ3n) is 2.91. The second-order valence-corrected chi connectivity index (χ2v) is 6.52. The molecule has 0 aliphatic carbocycles. The number of carbonyl (C=O) groups excluding carboxylic acids is 1. The highest BCUT2D eigenvalue weighted by atomic mass is 32.2. The van der Waals surface area contributed by atoms with Gasteiger partial charge in [0.2, 0.25) is 0 Å². The van der Waals surface area contributed by atoms with Crippen LogP contribution in [-0.2, 0) is 9.84 Å². The number of aromatic hydroxyl groups is 1. The smallest absolute Gasteiger partial charge is 0.254 e. The lowest BCUT2D eigenvalue weighted by Gasteiger charge is -2.26. The van der Waals surface area contributed by atoms with Crippen LogP contribution in [0.15, 0.2) is 18.2 Å². The maximum absolute atomic E-state index is 12.1. The summed E-state index contributed by atoms with van der Waals surface area (Å²) in [4.78, 5) is 13.5. The molecular formula is C11H14N2O4S. The molecule has 1 amide bonds. The second-order valence-electron chi connectivity index (χ2n) is 4.22. The highest BCUT2D eigenvalue weighted by Gasteiger charge is 2.25. The molecule has 1 aliphatic rings. The van der Waals surface area contributed by atoms with Crippen molar-refractivity contribution in [2.75, 3.05) is 30.3 Å². The van der Waals surface area contributed by atoms with E-state index in [4.69, 9.17) is 5.73 Å². The van der Waals surface area contributed by atoms with Crippen molar-refractivity contribution in [3.05, 3.63) is 23.8 Å². The summed E-state index contributed by atoms with van der Waals surface area (Å²) < 4.78 is 22.5. The largest absolute Gasteiger partial charge is 0.506 e. The zero-order valence-corrected chi connectivity index (χ0v) is 10.5. The van der Waals surface area contributed by atoms with Crippen molar-refractivity contribution in [1.29, 1.82) is 0 Å². The van der Waals surface area contributed by atoms with Crippen LogP contribution in [0, 0.1) is 0 Å². The van der Waals surface area contributed by atoms with Crippen LogP contribution in [-0.4, -0.2) is 48.9 Å². The van der Waals surface area contributed by atoms with Gasteiger partial charge in [-0.25, -0.2) is 8.42 Å². The number of phenolic OH excluding ortho intramolecular Hbond substituents is 1. The Morgan fingerprint density at radius 1 is 1.28 bits per heavy atom. The average Bonchev–Trinajstić information content (AvgIpc) is 2.32. The van der Waals surface area contributed by atoms with Crippen LogP contribution in [0.2, 0.25) is 0 Å². The lowest BCUT2D eigenvalue weighted by Crippen LogP contribution is -2.43. The van der Waals surface area contributed by atoms with Crippen LogP contribution in [0.1, 0.15) is 10.4 Å². The van der Waals surface area contributed by atoms with Crippen molar-refractivity contribution in [1.82, 2.24) is 4.90 Å². The quantitative estimate of drug-likeness (QED) is 0.545. The number of benzene rings is 1. The molecule has 1 aromatic carbocycles. The fourth-order valence-electron chi connectivity index (χ4n) is 1.77. The van der Waals surface area contributed by atoms with Crippen molar-refractivity contribution in [3.63, 3.8) is 0 Å². The number of nitrogens with two attached hydrogens (primary N) is 1. The van der Waals surface area contributed by atoms with Gasteiger partial charge in [0.05, 0.1) is 17.2 Å². The van der Waals surface area contributed by atoms with E-state index in [1.54, 1.807) is 0 Å². The molecule has 0 atom stereocenters. The van der Waals surface area contributed by atoms with Crippen molar-refractivity contribution >= 4 is 21.4 Å². The Morgan fingerprint density at radius 3 is 2.44 bits per heavy atom. The lowest BCUT2D eigenvalue weighted by atomic mass is 10.1. The molecule has 6 nitrogen and oxygen atoms in total. The molecule has 3 N–H and O–H groups in total. The Labute approximate surface area is 105 Å². The molecule has 0 saturated carbocycles. The molecule has 0 aromatic heterocycles. The number of anilines is 1. The van der Waals surface area contributed by atoms with Crippen molar-refractivity contribution in [2.24, 2.45) is 0 Å². The number of sulfone groups is 1. The average molecular weight is 270 g/mol. The van der Waals surface area contributed by atoms with Crippen molar-refractivity contribution in [3.8, 4) is 5.75 Å². The molecule has 1 saturated heterocycles. The van der Waals surface area contributed by atoms with Crippen LogP contribution in [0.4, 0.5) is 5.69 Å². The summed E-state index contributed by atoms with van der Waals surface area (Å²) in [6.45, 7) is 0.374. The lowest BCUT2D eigenvalue weighted by molar-refractivity contribution is 0.0770. The SMILES string of the molecule is Nc1ccc(C(=O)N2CCS(=O)(=O)CC2)cc1O. The van der Waals surface area contributed by atoms with Crippen LogP contribution < -0.4 is 5.73 Å². The normalized spacial score (nSPS) is 18.6. The highest BCUT2D eigenvalue weighted by molar-refractivity contribution is 7.91. The van der Waals surface area contributed by atoms with Gasteiger partial charge >= 0.3 is 0 Å². The summed E-state index contributed by atoms with van der Waals surface area (Å²) in [5.74, 6) is -0.468. The van der Waals surface area contributed by atoms with Crippen molar-refractivity contribution < 1.29 is 18.3 Å². The Hall–Kier alpha value is -1.76. The maximum atomic E-state index is 12.1. The number of rotatable bonds is 1. The zero-order chi connectivity index (χ0) is 13.3. The van der Waals surface area contributed by atoms with Gasteiger partial charge in [0.15, 0.2) is 9.84 Å². The first-order valence-electron chi connectivity index (χ1n) is 5.47. The van der Waals surface area contributed by atoms with Gasteiger partial charge in [-0.15, -0.1) is 0 Å². The van der Waals surface area contributed by atoms with Crippen LogP contribution in [0.5, 0.6) is 5.75 Å². The van der Waals surface area contributed by atoms with Crippen molar-refractivity contribution in [2.45, 2.75) is 0 Å². The molecule has 18 heavy (non-hydrogen) atoms. The fourth-order valence-corrected chi connectivity index (χ4v) is 2.98. The molecule has 1 aliphatic heterocycles. The standard InChI is InChI=1S/C11H14N2O4S/c12-9-2-1-8(7-10(9)14)11(15)13-3-5-18(16,17)6-4-13/h1-2,7,14H,3-6,12H2. The molecule has 98 valence electrons. The summed E-state index contributed by atoms with van der Waals surface area (Å²) in [6.07, 6.45) is 0. The van der Waals surface area contributed by atoms with Gasteiger partial charge in [-0.05, 0) is 18.2 Å². The molecule has 1 fully saturated rings. The monoisotopic (exact) mass is 270 g/mol. The first-order valence-corrected chi connectivity index (χ1v) is 7.29. The summed E-state index contributed by atoms with van der Waals surface area (Å²) in [5, 5.41) is 9.44. The van der Waals surface area contributed by atoms with E-state index in [-0.39, 0.29) is 41.9 Å². The summed E-state index contributed by atoms with van der Waals surface area (Å²) in [6, 6.07) is 4.25. The molecule has 0 spiro atoms. The van der Waals surface area contributed by atoms with E-state index >= 15 is 0 Å². The van der Waals surface area contributed by atoms with Gasteiger partial charge in [-0.1, -0.05) is 0 Å². The predicted molar refractivity (Wildman–Crippen MR) is 67.1 cm³/mol. The van der Waals surface area contributed by atoms with E-state index in [9.17, 15) is 18.3 Å². The first-order chi connectivity index (χ1) is 8.39. The molecular weight excluding hydrogens is 256 g/mol. The van der Waals surface area contributed by atoms with Crippen LogP contribution in [0.25, 0.3) is 0 Å². The fraction of sp³-hybridized carbons (Fsp3) is 0.364. The van der Waals surface area contributed by atoms with Crippen LogP contribution >= 0.6 is 0 Å². The van der Waals surface area contributed by atoms with E-state index in [0.717, 1.165) is 0 Å². The minimum Gasteiger partial charge on any atom is -0.506 e.